The summed E-state index contributed by atoms with van der Waals surface area (Å²) in [6, 6.07) is 11.6. The van der Waals surface area contributed by atoms with E-state index >= 15 is 0 Å². The van der Waals surface area contributed by atoms with Crippen LogP contribution in [0.2, 0.25) is 0 Å². The number of nitrogens with zero attached hydrogens (tertiary/aromatic N) is 1. The number of ketones is 2. The van der Waals surface area contributed by atoms with E-state index in [4.69, 9.17) is 10.2 Å². The molecule has 2 aliphatic rings. The maximum Gasteiger partial charge on any atom is 0.310 e. The first-order valence-corrected chi connectivity index (χ1v) is 11.4. The van der Waals surface area contributed by atoms with Crippen LogP contribution in [-0.2, 0) is 35.3 Å². The number of aldehydes is 2. The van der Waals surface area contributed by atoms with Gasteiger partial charge in [0.25, 0.3) is 0 Å². The summed E-state index contributed by atoms with van der Waals surface area (Å²) in [5, 5.41) is 16.0. The lowest BCUT2D eigenvalue weighted by atomic mass is 9.83. The van der Waals surface area contributed by atoms with Crippen LogP contribution in [0.5, 0.6) is 0 Å². The summed E-state index contributed by atoms with van der Waals surface area (Å²) in [4.78, 5) is 63.2. The van der Waals surface area contributed by atoms with Gasteiger partial charge in [-0.1, -0.05) is 36.8 Å². The molecule has 2 saturated heterocycles. The van der Waals surface area contributed by atoms with E-state index in [0.29, 0.717) is 37.1 Å². The van der Waals surface area contributed by atoms with E-state index in [2.05, 4.69) is 35.2 Å². The molecule has 0 aromatic heterocycles. The molecule has 3 rings (SSSR count). The van der Waals surface area contributed by atoms with Crippen molar-refractivity contribution in [1.82, 2.24) is 4.90 Å². The van der Waals surface area contributed by atoms with E-state index in [1.165, 1.54) is 24.8 Å². The number of fused-ring (bicyclic) bond motifs is 2. The number of benzene rings is 1. The third kappa shape index (κ3) is 14.2. The van der Waals surface area contributed by atoms with Crippen LogP contribution < -0.4 is 0 Å². The van der Waals surface area contributed by atoms with Gasteiger partial charge in [0.2, 0.25) is 0 Å². The highest BCUT2D eigenvalue weighted by molar-refractivity contribution is 6.02. The molecule has 9 nitrogen and oxygen atoms in total. The monoisotopic (exact) mass is 511 g/mol. The molecule has 0 amide bonds. The van der Waals surface area contributed by atoms with Gasteiger partial charge in [-0.05, 0) is 24.8 Å². The highest BCUT2D eigenvalue weighted by atomic mass is 35.5. The Morgan fingerprint density at radius 1 is 0.886 bits per heavy atom. The molecule has 2 aliphatic heterocycles. The number of hydrogen-bond donors (Lipinski definition) is 2. The minimum atomic E-state index is -1.30. The van der Waals surface area contributed by atoms with Gasteiger partial charge in [-0.15, -0.1) is 12.4 Å². The number of hydrogen-bond acceptors (Lipinski definition) is 7. The molecular formula is C25H34ClNO8. The SMILES string of the molecule is Cl.O=C(O)CC(=O)CC(=O)O.O=C1CC2CCCC(C1)N2Cc1ccccc1.O=CCCCC=O. The van der Waals surface area contributed by atoms with E-state index in [-0.39, 0.29) is 12.4 Å². The largest absolute Gasteiger partial charge is 0.481 e. The van der Waals surface area contributed by atoms with E-state index in [1.807, 2.05) is 0 Å². The highest BCUT2D eigenvalue weighted by Crippen LogP contribution is 2.33. The van der Waals surface area contributed by atoms with Gasteiger partial charge in [-0.3, -0.25) is 24.1 Å². The van der Waals surface area contributed by atoms with Crippen molar-refractivity contribution in [2.45, 2.75) is 82.8 Å². The summed E-state index contributed by atoms with van der Waals surface area (Å²) in [7, 11) is 0. The molecule has 194 valence electrons. The predicted octanol–water partition coefficient (Wildman–Crippen LogP) is 3.25. The maximum atomic E-state index is 11.6. The molecule has 2 fully saturated rings. The second-order valence-corrected chi connectivity index (χ2v) is 8.29. The Morgan fingerprint density at radius 2 is 1.37 bits per heavy atom. The molecule has 0 aliphatic carbocycles. The number of aliphatic carboxylic acids is 2. The van der Waals surface area contributed by atoms with Gasteiger partial charge in [0.05, 0.1) is 0 Å². The van der Waals surface area contributed by atoms with Crippen LogP contribution in [0.3, 0.4) is 0 Å². The fourth-order valence-corrected chi connectivity index (χ4v) is 4.00. The summed E-state index contributed by atoms with van der Waals surface area (Å²) in [5.74, 6) is -2.92. The third-order valence-electron chi connectivity index (χ3n) is 5.49. The number of carboxylic acid groups (broad SMARTS) is 2. The van der Waals surface area contributed by atoms with Crippen molar-refractivity contribution < 1.29 is 39.0 Å². The zero-order valence-corrected chi connectivity index (χ0v) is 20.5. The number of piperidine rings is 2. The first-order valence-electron chi connectivity index (χ1n) is 11.4. The van der Waals surface area contributed by atoms with Crippen molar-refractivity contribution in [2.75, 3.05) is 0 Å². The fourth-order valence-electron chi connectivity index (χ4n) is 4.00. The first kappa shape index (κ1) is 32.1. The molecule has 35 heavy (non-hydrogen) atoms. The van der Waals surface area contributed by atoms with Crippen LogP contribution in [0.1, 0.15) is 69.8 Å². The van der Waals surface area contributed by atoms with Crippen LogP contribution in [0.4, 0.5) is 0 Å². The zero-order valence-electron chi connectivity index (χ0n) is 19.7. The lowest BCUT2D eigenvalue weighted by molar-refractivity contribution is -0.143. The molecule has 2 atom stereocenters. The van der Waals surface area contributed by atoms with E-state index in [0.717, 1.165) is 32.0 Å². The molecule has 2 N–H and O–H groups in total. The summed E-state index contributed by atoms with van der Waals surface area (Å²) in [5.41, 5.74) is 1.37. The standard InChI is InChI=1S/C15H19NO.C5H6O5.C5H8O2.ClH/c17-15-9-13-7-4-8-14(10-15)16(13)11-12-5-2-1-3-6-12;6-3(1-4(7)8)2-5(9)10;6-4-2-1-3-5-7;/h1-3,5-6,13-14H,4,7-11H2;1-2H2,(H,7,8)(H,9,10);4-5H,1-3H2;1H. The number of rotatable bonds is 10. The second kappa shape index (κ2) is 18.4. The van der Waals surface area contributed by atoms with Crippen LogP contribution in [0, 0.1) is 0 Å². The molecule has 10 heteroatoms. The fraction of sp³-hybridized carbons (Fsp3) is 0.520. The van der Waals surface area contributed by atoms with Crippen molar-refractivity contribution in [3.05, 3.63) is 35.9 Å². The lowest BCUT2D eigenvalue weighted by Crippen LogP contribution is -2.51. The second-order valence-electron chi connectivity index (χ2n) is 8.29. The molecule has 1 aromatic carbocycles. The van der Waals surface area contributed by atoms with E-state index in [1.54, 1.807) is 0 Å². The average Bonchev–Trinajstić information content (AvgIpc) is 2.75. The van der Waals surface area contributed by atoms with Gasteiger partial charge in [-0.2, -0.15) is 0 Å². The van der Waals surface area contributed by atoms with Crippen LogP contribution >= 0.6 is 12.4 Å². The smallest absolute Gasteiger partial charge is 0.310 e. The van der Waals surface area contributed by atoms with Crippen molar-refractivity contribution in [3.8, 4) is 0 Å². The van der Waals surface area contributed by atoms with Crippen molar-refractivity contribution in [2.24, 2.45) is 0 Å². The normalized spacial score (nSPS) is 18.3. The Morgan fingerprint density at radius 3 is 1.80 bits per heavy atom. The number of Topliss-reactive ketones (excluding diaryl/α,β-unsaturated/α-hetero) is 2. The molecule has 2 bridgehead atoms. The molecule has 2 unspecified atom stereocenters. The highest BCUT2D eigenvalue weighted by Gasteiger charge is 2.37. The average molecular weight is 512 g/mol. The molecule has 0 saturated carbocycles. The van der Waals surface area contributed by atoms with Crippen molar-refractivity contribution in [3.63, 3.8) is 0 Å². The van der Waals surface area contributed by atoms with Crippen LogP contribution in [-0.4, -0.2) is 63.3 Å². The van der Waals surface area contributed by atoms with Gasteiger partial charge in [0.1, 0.15) is 31.2 Å². The number of halogens is 1. The number of carbonyl (C=O) groups excluding carboxylic acids is 4. The van der Waals surface area contributed by atoms with E-state index < -0.39 is 30.6 Å². The summed E-state index contributed by atoms with van der Waals surface area (Å²) in [6.07, 6.45) is 7.21. The van der Waals surface area contributed by atoms with Gasteiger partial charge >= 0.3 is 11.9 Å². The number of carbonyl (C=O) groups is 6. The Hall–Kier alpha value is -2.91. The summed E-state index contributed by atoms with van der Waals surface area (Å²) < 4.78 is 0. The van der Waals surface area contributed by atoms with Crippen LogP contribution in [0.25, 0.3) is 0 Å². The van der Waals surface area contributed by atoms with E-state index in [9.17, 15) is 28.8 Å². The van der Waals surface area contributed by atoms with Gasteiger partial charge in [0, 0.05) is 44.3 Å². The number of carboxylic acids is 2. The Bertz CT molecular complexity index is 788. The molecule has 0 radical (unpaired) electrons. The summed E-state index contributed by atoms with van der Waals surface area (Å²) in [6.45, 7) is 1.02. The topological polar surface area (TPSA) is 146 Å². The molecule has 2 heterocycles. The summed E-state index contributed by atoms with van der Waals surface area (Å²) >= 11 is 0. The minimum absolute atomic E-state index is 0. The van der Waals surface area contributed by atoms with Crippen LogP contribution in [0.15, 0.2) is 30.3 Å². The Balaban J connectivity index is 0.000000554. The Labute approximate surface area is 211 Å². The zero-order chi connectivity index (χ0) is 25.3. The van der Waals surface area contributed by atoms with Gasteiger partial charge in [-0.25, -0.2) is 0 Å². The van der Waals surface area contributed by atoms with Crippen molar-refractivity contribution in [1.29, 1.82) is 0 Å². The van der Waals surface area contributed by atoms with Crippen molar-refractivity contribution >= 4 is 48.5 Å². The van der Waals surface area contributed by atoms with Gasteiger partial charge in [0.15, 0.2) is 5.78 Å². The number of unbranched alkanes of at least 4 members (excludes halogenated alkanes) is 2. The maximum absolute atomic E-state index is 11.6. The first-order chi connectivity index (χ1) is 16.3. The lowest BCUT2D eigenvalue weighted by Gasteiger charge is -2.45. The Kier molecular flexibility index (Phi) is 16.9. The molecular weight excluding hydrogens is 478 g/mol. The molecule has 1 aromatic rings. The quantitative estimate of drug-likeness (QED) is 0.274. The van der Waals surface area contributed by atoms with Gasteiger partial charge < -0.3 is 19.8 Å². The minimum Gasteiger partial charge on any atom is -0.481 e. The molecule has 0 spiro atoms. The third-order valence-corrected chi connectivity index (χ3v) is 5.49. The predicted molar refractivity (Wildman–Crippen MR) is 130 cm³/mol.